The van der Waals surface area contributed by atoms with Crippen LogP contribution in [0.25, 0.3) is 11.0 Å². The van der Waals surface area contributed by atoms with Crippen LogP contribution in [0.4, 0.5) is 5.69 Å². The monoisotopic (exact) mass is 455 g/mol. The minimum Gasteiger partial charge on any atom is -0.461 e. The number of rotatable bonds is 3. The predicted molar refractivity (Wildman–Crippen MR) is 127 cm³/mol. The Hall–Kier alpha value is -3.36. The number of aryl methyl sites for hydroxylation is 1. The van der Waals surface area contributed by atoms with Crippen molar-refractivity contribution in [2.45, 2.75) is 52.4 Å². The maximum Gasteiger partial charge on any atom is 0.242 e. The van der Waals surface area contributed by atoms with E-state index >= 15 is 0 Å². The third-order valence-electron chi connectivity index (χ3n) is 5.63. The summed E-state index contributed by atoms with van der Waals surface area (Å²) in [5.74, 6) is 0.970. The molecule has 3 amide bonds. The van der Waals surface area contributed by atoms with E-state index in [1.165, 1.54) is 6.92 Å². The number of carbonyl (C=O) groups is 3. The number of carbonyl (C=O) groups excluding carboxylic acids is 3. The largest absolute Gasteiger partial charge is 0.461 e. The van der Waals surface area contributed by atoms with E-state index in [0.29, 0.717) is 18.7 Å². The number of nitrogens with one attached hydrogen (secondary N) is 1. The maximum atomic E-state index is 11.9. The van der Waals surface area contributed by atoms with Gasteiger partial charge in [-0.05, 0) is 56.9 Å². The second-order valence-corrected chi connectivity index (χ2v) is 8.47. The van der Waals surface area contributed by atoms with Gasteiger partial charge in [0.25, 0.3) is 0 Å². The number of hydrogen-bond donors (Lipinski definition) is 2. The molecule has 1 aromatic heterocycles. The third-order valence-corrected chi connectivity index (χ3v) is 5.63. The van der Waals surface area contributed by atoms with Gasteiger partial charge < -0.3 is 20.0 Å². The molecule has 0 spiro atoms. The molecule has 0 unspecified atom stereocenters. The molecule has 0 bridgehead atoms. The van der Waals surface area contributed by atoms with Gasteiger partial charge in [0.15, 0.2) is 0 Å². The van der Waals surface area contributed by atoms with Gasteiger partial charge in [-0.25, -0.2) is 4.99 Å². The van der Waals surface area contributed by atoms with Crippen LogP contribution in [0.1, 0.15) is 51.2 Å². The summed E-state index contributed by atoms with van der Waals surface area (Å²) in [5.41, 5.74) is 7.03. The van der Waals surface area contributed by atoms with Gasteiger partial charge >= 0.3 is 0 Å². The second-order valence-electron chi connectivity index (χ2n) is 8.47. The molecule has 0 radical (unpaired) electrons. The van der Waals surface area contributed by atoms with Crippen LogP contribution in [0, 0.1) is 6.92 Å². The summed E-state index contributed by atoms with van der Waals surface area (Å²) in [6.45, 7) is 6.08. The molecule has 9 nitrogen and oxygen atoms in total. The zero-order chi connectivity index (χ0) is 23.8. The normalized spacial score (nSPS) is 16.9. The molecule has 4 rings (SSSR count). The minimum atomic E-state index is -0.244. The van der Waals surface area contributed by atoms with Crippen molar-refractivity contribution in [2.24, 2.45) is 10.7 Å². The molecule has 178 valence electrons. The van der Waals surface area contributed by atoms with Crippen molar-refractivity contribution < 1.29 is 18.8 Å². The van der Waals surface area contributed by atoms with Crippen LogP contribution in [0.15, 0.2) is 33.7 Å². The van der Waals surface area contributed by atoms with Crippen LogP contribution in [0.3, 0.4) is 0 Å². The molecule has 2 saturated heterocycles. The average Bonchev–Trinajstić information content (AvgIpc) is 3.36. The molecule has 1 aromatic carbocycles. The Morgan fingerprint density at radius 1 is 1.09 bits per heavy atom. The van der Waals surface area contributed by atoms with Crippen molar-refractivity contribution in [3.8, 4) is 0 Å². The fourth-order valence-corrected chi connectivity index (χ4v) is 4.02. The highest BCUT2D eigenvalue weighted by Crippen LogP contribution is 2.24. The molecule has 2 aliphatic heterocycles. The van der Waals surface area contributed by atoms with Crippen LogP contribution in [-0.4, -0.2) is 59.7 Å². The van der Waals surface area contributed by atoms with Crippen LogP contribution >= 0.6 is 0 Å². The minimum absolute atomic E-state index is 0.0806. The van der Waals surface area contributed by atoms with E-state index in [1.54, 1.807) is 11.0 Å². The Morgan fingerprint density at radius 3 is 2.55 bits per heavy atom. The summed E-state index contributed by atoms with van der Waals surface area (Å²) >= 11 is 0. The highest BCUT2D eigenvalue weighted by molar-refractivity contribution is 5.96. The van der Waals surface area contributed by atoms with E-state index in [0.717, 1.165) is 68.5 Å². The third kappa shape index (κ3) is 7.34. The first kappa shape index (κ1) is 24.3. The lowest BCUT2D eigenvalue weighted by Crippen LogP contribution is -2.41. The van der Waals surface area contributed by atoms with Crippen LogP contribution in [0.5, 0.6) is 0 Å². The first-order valence-corrected chi connectivity index (χ1v) is 11.5. The summed E-state index contributed by atoms with van der Waals surface area (Å²) in [5, 5.41) is 3.37. The number of likely N-dealkylation sites (tertiary alicyclic amines) is 2. The number of benzene rings is 1. The molecular weight excluding hydrogens is 422 g/mol. The SMILES string of the molecule is CC(=O)NC(N)=Nc1ccc2oc(C)cc2c1.O=C(CN1CCCCCC1=O)N1CCCC1. The Kier molecular flexibility index (Phi) is 8.46. The molecule has 9 heteroatoms. The van der Waals surface area contributed by atoms with Gasteiger partial charge in [-0.1, -0.05) is 6.42 Å². The van der Waals surface area contributed by atoms with E-state index in [1.807, 2.05) is 30.0 Å². The Labute approximate surface area is 194 Å². The number of guanidine groups is 1. The summed E-state index contributed by atoms with van der Waals surface area (Å²) in [6, 6.07) is 7.37. The van der Waals surface area contributed by atoms with E-state index in [9.17, 15) is 14.4 Å². The molecule has 0 saturated carbocycles. The van der Waals surface area contributed by atoms with Crippen molar-refractivity contribution >= 4 is 40.3 Å². The number of amides is 3. The Balaban J connectivity index is 0.000000186. The first-order chi connectivity index (χ1) is 15.8. The van der Waals surface area contributed by atoms with E-state index in [2.05, 4.69) is 10.3 Å². The van der Waals surface area contributed by atoms with Gasteiger partial charge in [0.2, 0.25) is 23.7 Å². The van der Waals surface area contributed by atoms with Gasteiger partial charge in [-0.2, -0.15) is 0 Å². The summed E-state index contributed by atoms with van der Waals surface area (Å²) in [7, 11) is 0. The molecule has 3 heterocycles. The molecule has 2 fully saturated rings. The smallest absolute Gasteiger partial charge is 0.242 e. The van der Waals surface area contributed by atoms with Crippen molar-refractivity contribution in [1.82, 2.24) is 15.1 Å². The lowest BCUT2D eigenvalue weighted by molar-refractivity contribution is -0.139. The lowest BCUT2D eigenvalue weighted by Gasteiger charge is -2.23. The standard InChI is InChI=1S/C12H13N3O2.C12H20N2O2/c1-7-5-9-6-10(3-4-11(9)17-7)15-12(13)14-8(2)16;15-11-6-2-1-3-9-14(11)10-12(16)13-7-4-5-8-13/h3-6H,1-2H3,(H3,13,14,15,16);1-10H2. The van der Waals surface area contributed by atoms with Crippen LogP contribution < -0.4 is 11.1 Å². The summed E-state index contributed by atoms with van der Waals surface area (Å²) < 4.78 is 5.44. The number of nitrogens with two attached hydrogens (primary N) is 1. The van der Waals surface area contributed by atoms with Gasteiger partial charge in [0, 0.05) is 38.4 Å². The molecule has 2 aliphatic rings. The molecule has 0 atom stereocenters. The van der Waals surface area contributed by atoms with Crippen molar-refractivity contribution in [1.29, 1.82) is 0 Å². The molecule has 0 aliphatic carbocycles. The summed E-state index contributed by atoms with van der Waals surface area (Å²) in [6.07, 6.45) is 5.97. The van der Waals surface area contributed by atoms with Gasteiger partial charge in [-0.3, -0.25) is 19.7 Å². The number of aliphatic imine (C=N–C) groups is 1. The maximum absolute atomic E-state index is 11.9. The van der Waals surface area contributed by atoms with Crippen molar-refractivity contribution in [3.05, 3.63) is 30.0 Å². The number of fused-ring (bicyclic) bond motifs is 1. The topological polar surface area (TPSA) is 121 Å². The van der Waals surface area contributed by atoms with Crippen molar-refractivity contribution in [2.75, 3.05) is 26.2 Å². The molecular formula is C24H33N5O4. The number of furan rings is 1. The van der Waals surface area contributed by atoms with Crippen LogP contribution in [-0.2, 0) is 14.4 Å². The Bertz CT molecular complexity index is 1020. The fraction of sp³-hybridized carbons (Fsp3) is 0.500. The molecule has 2 aromatic rings. The van der Waals surface area contributed by atoms with E-state index in [-0.39, 0.29) is 23.7 Å². The average molecular weight is 456 g/mol. The summed E-state index contributed by atoms with van der Waals surface area (Å²) in [4.78, 5) is 42.1. The Morgan fingerprint density at radius 2 is 1.82 bits per heavy atom. The lowest BCUT2D eigenvalue weighted by atomic mass is 10.2. The molecule has 3 N–H and O–H groups in total. The highest BCUT2D eigenvalue weighted by atomic mass is 16.3. The van der Waals surface area contributed by atoms with E-state index < -0.39 is 0 Å². The second kappa shape index (κ2) is 11.5. The highest BCUT2D eigenvalue weighted by Gasteiger charge is 2.23. The fourth-order valence-electron chi connectivity index (χ4n) is 4.02. The zero-order valence-corrected chi connectivity index (χ0v) is 19.4. The zero-order valence-electron chi connectivity index (χ0n) is 19.4. The van der Waals surface area contributed by atoms with Gasteiger partial charge in [-0.15, -0.1) is 0 Å². The van der Waals surface area contributed by atoms with Gasteiger partial charge in [0.05, 0.1) is 12.2 Å². The first-order valence-electron chi connectivity index (χ1n) is 11.5. The van der Waals surface area contributed by atoms with E-state index in [4.69, 9.17) is 10.2 Å². The van der Waals surface area contributed by atoms with Gasteiger partial charge in [0.1, 0.15) is 11.3 Å². The molecule has 33 heavy (non-hydrogen) atoms. The van der Waals surface area contributed by atoms with Crippen molar-refractivity contribution in [3.63, 3.8) is 0 Å². The number of hydrogen-bond acceptors (Lipinski definition) is 5. The van der Waals surface area contributed by atoms with Crippen LogP contribution in [0.2, 0.25) is 0 Å². The predicted octanol–water partition coefficient (Wildman–Crippen LogP) is 2.83. The number of nitrogens with zero attached hydrogens (tertiary/aromatic N) is 3. The quantitative estimate of drug-likeness (QED) is 0.544.